The largest absolute Gasteiger partial charge is 0.358 e. The monoisotopic (exact) mass is 296 g/mol. The van der Waals surface area contributed by atoms with E-state index < -0.39 is 0 Å². The van der Waals surface area contributed by atoms with Crippen LogP contribution in [0, 0.1) is 6.92 Å². The van der Waals surface area contributed by atoms with E-state index in [1.165, 1.54) is 19.4 Å². The van der Waals surface area contributed by atoms with Crippen molar-refractivity contribution in [3.8, 4) is 0 Å². The van der Waals surface area contributed by atoms with Crippen LogP contribution in [0.15, 0.2) is 0 Å². The average Bonchev–Trinajstić information content (AvgIpc) is 2.88. The van der Waals surface area contributed by atoms with Crippen molar-refractivity contribution in [2.24, 2.45) is 0 Å². The number of hydrogen-bond donors (Lipinski definition) is 0. The normalized spacial score (nSPS) is 19.6. The maximum atomic E-state index is 6.23. The van der Waals surface area contributed by atoms with Gasteiger partial charge < -0.3 is 4.90 Å². The maximum absolute atomic E-state index is 6.23. The molecule has 1 aliphatic rings. The van der Waals surface area contributed by atoms with Crippen LogP contribution in [0.25, 0.3) is 0 Å². The summed E-state index contributed by atoms with van der Waals surface area (Å²) in [6, 6.07) is 0.628. The molecule has 0 aliphatic carbocycles. The van der Waals surface area contributed by atoms with E-state index in [1.54, 1.807) is 0 Å². The highest BCUT2D eigenvalue weighted by atomic mass is 35.5. The molecule has 1 aliphatic heterocycles. The Morgan fingerprint density at radius 1 is 1.35 bits per heavy atom. The summed E-state index contributed by atoms with van der Waals surface area (Å²) in [6.07, 6.45) is 3.39. The van der Waals surface area contributed by atoms with Gasteiger partial charge in [-0.1, -0.05) is 25.4 Å². The van der Waals surface area contributed by atoms with Gasteiger partial charge in [-0.15, -0.1) is 0 Å². The molecule has 1 saturated heterocycles. The molecule has 1 aromatic rings. The predicted molar refractivity (Wildman–Crippen MR) is 84.7 cm³/mol. The molecule has 2 heterocycles. The molecule has 1 unspecified atom stereocenters. The fraction of sp³-hybridized carbons (Fsp3) is 0.733. The van der Waals surface area contributed by atoms with Crippen molar-refractivity contribution < 1.29 is 0 Å². The van der Waals surface area contributed by atoms with Gasteiger partial charge in [-0.3, -0.25) is 4.90 Å². The summed E-state index contributed by atoms with van der Waals surface area (Å²) in [7, 11) is 2.11. The molecule has 2 rings (SSSR count). The highest BCUT2D eigenvalue weighted by Crippen LogP contribution is 2.25. The first-order valence-electron chi connectivity index (χ1n) is 7.55. The SMILES string of the molecule is CCc1nc(Cl)c(C)c(N(C)CC2CCCN2CC)n1. The molecular formula is C15H25ClN4. The Morgan fingerprint density at radius 2 is 2.10 bits per heavy atom. The first-order valence-corrected chi connectivity index (χ1v) is 7.92. The molecule has 1 fully saturated rings. The van der Waals surface area contributed by atoms with Crippen molar-refractivity contribution in [3.05, 3.63) is 16.5 Å². The molecule has 0 spiro atoms. The Bertz CT molecular complexity index is 463. The minimum atomic E-state index is 0.581. The quantitative estimate of drug-likeness (QED) is 0.782. The second kappa shape index (κ2) is 6.72. The van der Waals surface area contributed by atoms with Crippen molar-refractivity contribution in [2.75, 3.05) is 31.6 Å². The van der Waals surface area contributed by atoms with Crippen molar-refractivity contribution in [1.29, 1.82) is 0 Å². The zero-order valence-corrected chi connectivity index (χ0v) is 13.7. The van der Waals surface area contributed by atoms with E-state index in [1.807, 2.05) is 6.92 Å². The third-order valence-corrected chi connectivity index (χ3v) is 4.54. The van der Waals surface area contributed by atoms with Crippen LogP contribution >= 0.6 is 11.6 Å². The summed E-state index contributed by atoms with van der Waals surface area (Å²) < 4.78 is 0. The molecule has 20 heavy (non-hydrogen) atoms. The van der Waals surface area contributed by atoms with Gasteiger partial charge in [-0.05, 0) is 32.9 Å². The molecule has 4 nitrogen and oxygen atoms in total. The fourth-order valence-electron chi connectivity index (χ4n) is 2.97. The van der Waals surface area contributed by atoms with E-state index in [-0.39, 0.29) is 0 Å². The number of nitrogens with zero attached hydrogens (tertiary/aromatic N) is 4. The highest BCUT2D eigenvalue weighted by molar-refractivity contribution is 6.30. The van der Waals surface area contributed by atoms with Gasteiger partial charge in [-0.25, -0.2) is 9.97 Å². The van der Waals surface area contributed by atoms with Crippen molar-refractivity contribution in [1.82, 2.24) is 14.9 Å². The first-order chi connectivity index (χ1) is 9.56. The van der Waals surface area contributed by atoms with Crippen LogP contribution in [-0.4, -0.2) is 47.6 Å². The lowest BCUT2D eigenvalue weighted by Gasteiger charge is -2.29. The molecule has 0 amide bonds. The summed E-state index contributed by atoms with van der Waals surface area (Å²) in [5, 5.41) is 0.581. The first kappa shape index (κ1) is 15.5. The number of rotatable bonds is 5. The van der Waals surface area contributed by atoms with Crippen LogP contribution < -0.4 is 4.90 Å². The second-order valence-corrected chi connectivity index (χ2v) is 5.90. The van der Waals surface area contributed by atoms with E-state index in [2.05, 4.69) is 40.7 Å². The fourth-order valence-corrected chi connectivity index (χ4v) is 3.15. The molecule has 0 aromatic carbocycles. The number of halogens is 1. The van der Waals surface area contributed by atoms with Gasteiger partial charge in [0.15, 0.2) is 0 Å². The number of hydrogen-bond acceptors (Lipinski definition) is 4. The predicted octanol–water partition coefficient (Wildman–Crippen LogP) is 2.92. The Morgan fingerprint density at radius 3 is 2.75 bits per heavy atom. The smallest absolute Gasteiger partial charge is 0.137 e. The van der Waals surface area contributed by atoms with Crippen LogP contribution in [0.5, 0.6) is 0 Å². The third kappa shape index (κ3) is 3.23. The van der Waals surface area contributed by atoms with Crippen molar-refractivity contribution in [2.45, 2.75) is 46.1 Å². The average molecular weight is 297 g/mol. The lowest BCUT2D eigenvalue weighted by molar-refractivity contribution is 0.270. The van der Waals surface area contributed by atoms with E-state index in [4.69, 9.17) is 11.6 Å². The third-order valence-electron chi connectivity index (χ3n) is 4.17. The zero-order chi connectivity index (χ0) is 14.7. The minimum absolute atomic E-state index is 0.581. The Labute approximate surface area is 127 Å². The lowest BCUT2D eigenvalue weighted by Crippen LogP contribution is -2.39. The molecule has 5 heteroatoms. The van der Waals surface area contributed by atoms with E-state index in [9.17, 15) is 0 Å². The molecule has 112 valence electrons. The Hall–Kier alpha value is -0.870. The number of aryl methyl sites for hydroxylation is 1. The Kier molecular flexibility index (Phi) is 5.22. The second-order valence-electron chi connectivity index (χ2n) is 5.54. The van der Waals surface area contributed by atoms with Crippen LogP contribution in [-0.2, 0) is 6.42 Å². The van der Waals surface area contributed by atoms with Crippen molar-refractivity contribution >= 4 is 17.4 Å². The number of likely N-dealkylation sites (N-methyl/N-ethyl adjacent to an activating group) is 2. The maximum Gasteiger partial charge on any atom is 0.137 e. The van der Waals surface area contributed by atoms with E-state index in [0.717, 1.165) is 36.7 Å². The van der Waals surface area contributed by atoms with Gasteiger partial charge in [0, 0.05) is 31.6 Å². The van der Waals surface area contributed by atoms with Gasteiger partial charge in [0.05, 0.1) is 0 Å². The van der Waals surface area contributed by atoms with Crippen LogP contribution in [0.2, 0.25) is 5.15 Å². The van der Waals surface area contributed by atoms with Crippen LogP contribution in [0.1, 0.15) is 38.1 Å². The summed E-state index contributed by atoms with van der Waals surface area (Å²) in [5.41, 5.74) is 0.979. The van der Waals surface area contributed by atoms with Gasteiger partial charge in [-0.2, -0.15) is 0 Å². The van der Waals surface area contributed by atoms with E-state index >= 15 is 0 Å². The highest BCUT2D eigenvalue weighted by Gasteiger charge is 2.25. The van der Waals surface area contributed by atoms with E-state index in [0.29, 0.717) is 11.2 Å². The van der Waals surface area contributed by atoms with Gasteiger partial charge >= 0.3 is 0 Å². The zero-order valence-electron chi connectivity index (χ0n) is 13.0. The summed E-state index contributed by atoms with van der Waals surface area (Å²) in [4.78, 5) is 13.8. The summed E-state index contributed by atoms with van der Waals surface area (Å²) in [6.45, 7) is 9.65. The lowest BCUT2D eigenvalue weighted by atomic mass is 10.2. The van der Waals surface area contributed by atoms with Crippen LogP contribution in [0.3, 0.4) is 0 Å². The Balaban J connectivity index is 2.16. The van der Waals surface area contributed by atoms with Crippen molar-refractivity contribution in [3.63, 3.8) is 0 Å². The van der Waals surface area contributed by atoms with Crippen LogP contribution in [0.4, 0.5) is 5.82 Å². The number of likely N-dealkylation sites (tertiary alicyclic amines) is 1. The molecule has 1 atom stereocenters. The number of anilines is 1. The van der Waals surface area contributed by atoms with Gasteiger partial charge in [0.1, 0.15) is 16.8 Å². The molecule has 0 radical (unpaired) electrons. The molecule has 0 saturated carbocycles. The van der Waals surface area contributed by atoms with Gasteiger partial charge in [0.25, 0.3) is 0 Å². The topological polar surface area (TPSA) is 32.3 Å². The molecular weight excluding hydrogens is 272 g/mol. The summed E-state index contributed by atoms with van der Waals surface area (Å²) >= 11 is 6.23. The molecule has 0 bridgehead atoms. The standard InChI is InChI=1S/C15H25ClN4/c1-5-13-17-14(16)11(3)15(18-13)19(4)10-12-8-7-9-20(12)6-2/h12H,5-10H2,1-4H3. The number of aromatic nitrogens is 2. The molecule has 0 N–H and O–H groups in total. The molecule has 1 aromatic heterocycles. The summed E-state index contributed by atoms with van der Waals surface area (Å²) in [5.74, 6) is 1.80. The minimum Gasteiger partial charge on any atom is -0.358 e. The van der Waals surface area contributed by atoms with Gasteiger partial charge in [0.2, 0.25) is 0 Å².